The van der Waals surface area contributed by atoms with Gasteiger partial charge < -0.3 is 19.2 Å². The molecule has 5 nitrogen and oxygen atoms in total. The second-order valence-corrected chi connectivity index (χ2v) is 7.32. The number of hydrogen-bond acceptors (Lipinski definition) is 4. The lowest BCUT2D eigenvalue weighted by Gasteiger charge is -2.26. The second kappa shape index (κ2) is 9.43. The topological polar surface area (TPSA) is 60.7 Å². The zero-order valence-electron chi connectivity index (χ0n) is 17.1. The Morgan fingerprint density at radius 3 is 2.34 bits per heavy atom. The summed E-state index contributed by atoms with van der Waals surface area (Å²) in [4.78, 5) is 12.0. The van der Waals surface area contributed by atoms with E-state index in [-0.39, 0.29) is 23.7 Å². The van der Waals surface area contributed by atoms with Gasteiger partial charge in [-0.15, -0.1) is 0 Å². The van der Waals surface area contributed by atoms with Crippen LogP contribution in [0.1, 0.15) is 41.3 Å². The molecule has 0 fully saturated rings. The average Bonchev–Trinajstić information content (AvgIpc) is 3.22. The zero-order chi connectivity index (χ0) is 20.7. The summed E-state index contributed by atoms with van der Waals surface area (Å²) in [5, 5.41) is 2.72. The highest BCUT2D eigenvalue weighted by Gasteiger charge is 2.22. The van der Waals surface area contributed by atoms with Gasteiger partial charge in [-0.25, -0.2) is 0 Å². The molecule has 0 unspecified atom stereocenters. The van der Waals surface area contributed by atoms with Gasteiger partial charge in [0.15, 0.2) is 5.76 Å². The van der Waals surface area contributed by atoms with Crippen molar-refractivity contribution in [1.29, 1.82) is 0 Å². The summed E-state index contributed by atoms with van der Waals surface area (Å²) in [5.41, 5.74) is 2.39. The quantitative estimate of drug-likeness (QED) is 0.542. The Kier molecular flexibility index (Phi) is 6.73. The molecule has 0 atom stereocenters. The first kappa shape index (κ1) is 20.7. The van der Waals surface area contributed by atoms with Crippen LogP contribution in [0, 0.1) is 0 Å². The number of nitrogens with one attached hydrogen (secondary N) is 1. The van der Waals surface area contributed by atoms with Crippen LogP contribution in [0.15, 0.2) is 71.1 Å². The van der Waals surface area contributed by atoms with Crippen molar-refractivity contribution < 1.29 is 18.7 Å². The first-order chi connectivity index (χ1) is 14.0. The Morgan fingerprint density at radius 1 is 0.966 bits per heavy atom. The smallest absolute Gasteiger partial charge is 0.287 e. The van der Waals surface area contributed by atoms with E-state index in [0.29, 0.717) is 18.9 Å². The van der Waals surface area contributed by atoms with E-state index < -0.39 is 0 Å². The summed E-state index contributed by atoms with van der Waals surface area (Å²) in [6, 6.07) is 21.9. The summed E-state index contributed by atoms with van der Waals surface area (Å²) in [6.45, 7) is 5.57. The zero-order valence-corrected chi connectivity index (χ0v) is 17.1. The van der Waals surface area contributed by atoms with Crippen molar-refractivity contribution in [1.82, 2.24) is 5.32 Å². The van der Waals surface area contributed by atoms with Crippen LogP contribution >= 0.6 is 0 Å². The van der Waals surface area contributed by atoms with Crippen LogP contribution in [0.5, 0.6) is 5.75 Å². The van der Waals surface area contributed by atoms with Crippen LogP contribution in [0.25, 0.3) is 0 Å². The maximum absolute atomic E-state index is 12.0. The van der Waals surface area contributed by atoms with Gasteiger partial charge in [0.25, 0.3) is 5.91 Å². The molecule has 1 N–H and O–H groups in total. The van der Waals surface area contributed by atoms with Crippen LogP contribution in [0.4, 0.5) is 0 Å². The number of furan rings is 1. The Morgan fingerprint density at radius 2 is 1.66 bits per heavy atom. The van der Waals surface area contributed by atoms with Gasteiger partial charge in [-0.05, 0) is 35.4 Å². The maximum atomic E-state index is 12.0. The van der Waals surface area contributed by atoms with Gasteiger partial charge in [0.05, 0.1) is 6.61 Å². The molecule has 152 valence electrons. The lowest BCUT2D eigenvalue weighted by Crippen LogP contribution is -2.26. The molecule has 0 radical (unpaired) electrons. The lowest BCUT2D eigenvalue weighted by atomic mass is 9.78. The first-order valence-electron chi connectivity index (χ1n) is 9.65. The van der Waals surface area contributed by atoms with Crippen LogP contribution < -0.4 is 10.1 Å². The molecule has 29 heavy (non-hydrogen) atoms. The van der Waals surface area contributed by atoms with Crippen molar-refractivity contribution in [3.63, 3.8) is 0 Å². The van der Waals surface area contributed by atoms with Gasteiger partial charge in [-0.1, -0.05) is 56.3 Å². The van der Waals surface area contributed by atoms with Crippen molar-refractivity contribution in [3.8, 4) is 5.75 Å². The summed E-state index contributed by atoms with van der Waals surface area (Å²) < 4.78 is 16.3. The predicted molar refractivity (Wildman–Crippen MR) is 112 cm³/mol. The number of ether oxygens (including phenoxy) is 2. The third kappa shape index (κ3) is 5.27. The molecule has 0 aliphatic heterocycles. The van der Waals surface area contributed by atoms with E-state index in [1.807, 2.05) is 18.2 Å². The highest BCUT2D eigenvalue weighted by atomic mass is 16.5. The number of methoxy groups -OCH3 is 1. The molecule has 5 heteroatoms. The standard InChI is InChI=1S/C24H27NO4/c1-24(2,18-7-5-4-6-8-18)19-9-11-20(12-10-19)28-17-21-13-14-22(29-21)23(26)25-15-16-27-3/h4-14H,15-17H2,1-3H3,(H,25,26). The number of amides is 1. The first-order valence-corrected chi connectivity index (χ1v) is 9.65. The molecule has 3 rings (SSSR count). The molecular formula is C24H27NO4. The number of carbonyl (C=O) groups excluding carboxylic acids is 1. The Hall–Kier alpha value is -3.05. The lowest BCUT2D eigenvalue weighted by molar-refractivity contribution is 0.0905. The highest BCUT2D eigenvalue weighted by Crippen LogP contribution is 2.32. The minimum atomic E-state index is -0.263. The Balaban J connectivity index is 1.58. The van der Waals surface area contributed by atoms with E-state index in [4.69, 9.17) is 13.9 Å². The molecule has 0 spiro atoms. The number of hydrogen-bond donors (Lipinski definition) is 1. The molecule has 0 aliphatic rings. The summed E-state index contributed by atoms with van der Waals surface area (Å²) in [6.07, 6.45) is 0. The van der Waals surface area contributed by atoms with Crippen LogP contribution in [-0.2, 0) is 16.8 Å². The van der Waals surface area contributed by atoms with Gasteiger partial charge in [-0.2, -0.15) is 0 Å². The van der Waals surface area contributed by atoms with Crippen molar-refractivity contribution in [3.05, 3.63) is 89.4 Å². The van der Waals surface area contributed by atoms with E-state index in [9.17, 15) is 4.79 Å². The van der Waals surface area contributed by atoms with E-state index in [1.165, 1.54) is 11.1 Å². The second-order valence-electron chi connectivity index (χ2n) is 7.32. The monoisotopic (exact) mass is 393 g/mol. The largest absolute Gasteiger partial charge is 0.486 e. The van der Waals surface area contributed by atoms with Gasteiger partial charge in [0.1, 0.15) is 18.1 Å². The van der Waals surface area contributed by atoms with Gasteiger partial charge >= 0.3 is 0 Å². The molecule has 0 aliphatic carbocycles. The van der Waals surface area contributed by atoms with Crippen molar-refractivity contribution >= 4 is 5.91 Å². The third-order valence-electron chi connectivity index (χ3n) is 4.93. The van der Waals surface area contributed by atoms with E-state index in [1.54, 1.807) is 19.2 Å². The normalized spacial score (nSPS) is 11.3. The summed E-state index contributed by atoms with van der Waals surface area (Å²) >= 11 is 0. The average molecular weight is 393 g/mol. The van der Waals surface area contributed by atoms with Crippen LogP contribution in [-0.4, -0.2) is 26.2 Å². The van der Waals surface area contributed by atoms with E-state index in [2.05, 4.69) is 55.6 Å². The summed E-state index contributed by atoms with van der Waals surface area (Å²) in [7, 11) is 1.59. The fourth-order valence-corrected chi connectivity index (χ4v) is 3.08. The third-order valence-corrected chi connectivity index (χ3v) is 4.93. The summed E-state index contributed by atoms with van der Waals surface area (Å²) in [5.74, 6) is 1.34. The van der Waals surface area contributed by atoms with E-state index in [0.717, 1.165) is 5.75 Å². The molecule has 2 aromatic carbocycles. The van der Waals surface area contributed by atoms with Crippen molar-refractivity contribution in [2.45, 2.75) is 25.9 Å². The minimum absolute atomic E-state index is 0.0914. The minimum Gasteiger partial charge on any atom is -0.486 e. The van der Waals surface area contributed by atoms with Gasteiger partial charge in [0.2, 0.25) is 0 Å². The Labute approximate surface area is 171 Å². The van der Waals surface area contributed by atoms with Crippen LogP contribution in [0.3, 0.4) is 0 Å². The fraction of sp³-hybridized carbons (Fsp3) is 0.292. The number of benzene rings is 2. The highest BCUT2D eigenvalue weighted by molar-refractivity contribution is 5.91. The predicted octanol–water partition coefficient (Wildman–Crippen LogP) is 4.56. The van der Waals surface area contributed by atoms with E-state index >= 15 is 0 Å². The SMILES string of the molecule is COCCNC(=O)c1ccc(COc2ccc(C(C)(C)c3ccccc3)cc2)o1. The number of carbonyl (C=O) groups is 1. The molecule has 1 heterocycles. The Bertz CT molecular complexity index is 914. The molecular weight excluding hydrogens is 366 g/mol. The molecule has 0 bridgehead atoms. The molecule has 1 amide bonds. The maximum Gasteiger partial charge on any atom is 0.287 e. The molecule has 1 aromatic heterocycles. The van der Waals surface area contributed by atoms with Gasteiger partial charge in [-0.3, -0.25) is 4.79 Å². The number of rotatable bonds is 9. The van der Waals surface area contributed by atoms with Gasteiger partial charge in [0, 0.05) is 19.1 Å². The van der Waals surface area contributed by atoms with Crippen molar-refractivity contribution in [2.24, 2.45) is 0 Å². The molecule has 0 saturated heterocycles. The van der Waals surface area contributed by atoms with Crippen LogP contribution in [0.2, 0.25) is 0 Å². The molecule has 0 saturated carbocycles. The van der Waals surface area contributed by atoms with Crippen molar-refractivity contribution in [2.75, 3.05) is 20.3 Å². The fourth-order valence-electron chi connectivity index (χ4n) is 3.08. The molecule has 3 aromatic rings.